The van der Waals surface area contributed by atoms with E-state index in [0.717, 1.165) is 0 Å². The van der Waals surface area contributed by atoms with Crippen LogP contribution in [-0.4, -0.2) is 15.2 Å². The summed E-state index contributed by atoms with van der Waals surface area (Å²) in [5, 5.41) is 0. The molecule has 0 fully saturated rings. The van der Waals surface area contributed by atoms with Crippen molar-refractivity contribution in [1.82, 2.24) is 0 Å². The van der Waals surface area contributed by atoms with Gasteiger partial charge in [-0.3, -0.25) is 0 Å². The molecule has 0 N–H and O–H groups in total. The molecule has 0 amide bonds. The molecule has 0 aromatic heterocycles. The minimum atomic E-state index is -3.76. The smallest absolute Gasteiger partial charge is 0.261 e. The van der Waals surface area contributed by atoms with Crippen molar-refractivity contribution >= 4 is 19.7 Å². The number of fused-ring (bicyclic) bond motifs is 1. The van der Waals surface area contributed by atoms with Crippen LogP contribution >= 0.6 is 10.7 Å². The van der Waals surface area contributed by atoms with Crippen molar-refractivity contribution in [2.45, 2.75) is 24.7 Å². The van der Waals surface area contributed by atoms with Crippen molar-refractivity contribution in [2.75, 3.05) is 6.79 Å². The minimum Gasteiger partial charge on any atom is -0.454 e. The van der Waals surface area contributed by atoms with Gasteiger partial charge in [0.2, 0.25) is 6.79 Å². The lowest BCUT2D eigenvalue weighted by Gasteiger charge is -2.13. The molecule has 6 heteroatoms. The van der Waals surface area contributed by atoms with Crippen molar-refractivity contribution in [2.24, 2.45) is 0 Å². The van der Waals surface area contributed by atoms with Crippen LogP contribution in [0.4, 0.5) is 0 Å². The summed E-state index contributed by atoms with van der Waals surface area (Å²) in [5.41, 5.74) is 0.574. The molecule has 1 aliphatic heterocycles. The van der Waals surface area contributed by atoms with Gasteiger partial charge in [-0.25, -0.2) is 8.42 Å². The second kappa shape index (κ2) is 3.82. The predicted octanol–water partition coefficient (Wildman–Crippen LogP) is 2.47. The Hall–Kier alpha value is -0.940. The Balaban J connectivity index is 2.73. The van der Waals surface area contributed by atoms with E-state index in [2.05, 4.69) is 0 Å². The lowest BCUT2D eigenvalue weighted by Crippen LogP contribution is -2.02. The first kappa shape index (κ1) is 11.5. The van der Waals surface area contributed by atoms with Crippen LogP contribution in [0.1, 0.15) is 25.3 Å². The van der Waals surface area contributed by atoms with E-state index in [1.807, 2.05) is 13.8 Å². The number of hydrogen-bond acceptors (Lipinski definition) is 4. The average molecular weight is 263 g/mol. The third-order valence-corrected chi connectivity index (χ3v) is 3.76. The van der Waals surface area contributed by atoms with Crippen LogP contribution in [0.25, 0.3) is 0 Å². The molecule has 2 rings (SSSR count). The maximum Gasteiger partial charge on any atom is 0.261 e. The molecule has 1 aliphatic rings. The monoisotopic (exact) mass is 262 g/mol. The van der Waals surface area contributed by atoms with Crippen molar-refractivity contribution in [3.05, 3.63) is 17.7 Å². The van der Waals surface area contributed by atoms with E-state index in [9.17, 15) is 8.42 Å². The van der Waals surface area contributed by atoms with E-state index >= 15 is 0 Å². The van der Waals surface area contributed by atoms with Gasteiger partial charge in [0.15, 0.2) is 11.5 Å². The first-order chi connectivity index (χ1) is 7.41. The standard InChI is InChI=1S/C10H11ClO4S/c1-6(2)9-8(16(11,12)13)4-3-7-10(9)15-5-14-7/h3-4,6H,5H2,1-2H3. The fourth-order valence-corrected chi connectivity index (χ4v) is 2.96. The van der Waals surface area contributed by atoms with E-state index < -0.39 is 9.05 Å². The van der Waals surface area contributed by atoms with Gasteiger partial charge in [0.1, 0.15) is 0 Å². The van der Waals surface area contributed by atoms with Crippen molar-refractivity contribution in [1.29, 1.82) is 0 Å². The Kier molecular flexibility index (Phi) is 2.75. The third kappa shape index (κ3) is 1.85. The number of rotatable bonds is 2. The number of benzene rings is 1. The maximum absolute atomic E-state index is 11.4. The van der Waals surface area contributed by atoms with Crippen LogP contribution in [0.15, 0.2) is 17.0 Å². The highest BCUT2D eigenvalue weighted by atomic mass is 35.7. The third-order valence-electron chi connectivity index (χ3n) is 2.38. The van der Waals surface area contributed by atoms with Crippen LogP contribution in [0.2, 0.25) is 0 Å². The summed E-state index contributed by atoms with van der Waals surface area (Å²) in [5.74, 6) is 1.03. The molecular weight excluding hydrogens is 252 g/mol. The van der Waals surface area contributed by atoms with Crippen LogP contribution in [-0.2, 0) is 9.05 Å². The minimum absolute atomic E-state index is 0.0137. The Morgan fingerprint density at radius 1 is 1.31 bits per heavy atom. The highest BCUT2D eigenvalue weighted by Crippen LogP contribution is 2.43. The van der Waals surface area contributed by atoms with E-state index in [4.69, 9.17) is 20.2 Å². The molecule has 1 heterocycles. The van der Waals surface area contributed by atoms with Gasteiger partial charge in [-0.2, -0.15) is 0 Å². The summed E-state index contributed by atoms with van der Waals surface area (Å²) in [6, 6.07) is 3.01. The molecule has 4 nitrogen and oxygen atoms in total. The van der Waals surface area contributed by atoms with Gasteiger partial charge in [-0.15, -0.1) is 0 Å². The first-order valence-corrected chi connectivity index (χ1v) is 7.09. The Bertz CT molecular complexity index is 522. The van der Waals surface area contributed by atoms with Gasteiger partial charge in [-0.05, 0) is 18.1 Å². The number of hydrogen-bond donors (Lipinski definition) is 0. The molecule has 0 unspecified atom stereocenters. The Morgan fingerprint density at radius 2 is 2.00 bits per heavy atom. The highest BCUT2D eigenvalue weighted by molar-refractivity contribution is 8.13. The van der Waals surface area contributed by atoms with Gasteiger partial charge >= 0.3 is 0 Å². The van der Waals surface area contributed by atoms with Crippen molar-refractivity contribution in [3.63, 3.8) is 0 Å². The van der Waals surface area contributed by atoms with Crippen LogP contribution in [0.3, 0.4) is 0 Å². The van der Waals surface area contributed by atoms with Crippen LogP contribution in [0.5, 0.6) is 11.5 Å². The fourth-order valence-electron chi connectivity index (χ4n) is 1.74. The normalized spacial score (nSPS) is 14.5. The summed E-state index contributed by atoms with van der Waals surface area (Å²) in [4.78, 5) is 0.0911. The fraction of sp³-hybridized carbons (Fsp3) is 0.400. The second-order valence-corrected chi connectivity index (χ2v) is 6.34. The zero-order valence-corrected chi connectivity index (χ0v) is 10.4. The zero-order valence-electron chi connectivity index (χ0n) is 8.86. The van der Waals surface area contributed by atoms with E-state index in [1.165, 1.54) is 6.07 Å². The molecule has 16 heavy (non-hydrogen) atoms. The molecule has 0 atom stereocenters. The molecule has 0 saturated heterocycles. The number of halogens is 1. The van der Waals surface area contributed by atoms with Gasteiger partial charge in [0.05, 0.1) is 4.90 Å². The van der Waals surface area contributed by atoms with E-state index in [-0.39, 0.29) is 17.6 Å². The summed E-state index contributed by atoms with van der Waals surface area (Å²) in [7, 11) is 1.62. The topological polar surface area (TPSA) is 52.6 Å². The average Bonchev–Trinajstić information content (AvgIpc) is 2.61. The summed E-state index contributed by atoms with van der Waals surface area (Å²) >= 11 is 0. The molecule has 0 saturated carbocycles. The van der Waals surface area contributed by atoms with Gasteiger partial charge in [0, 0.05) is 16.2 Å². The molecule has 0 spiro atoms. The second-order valence-electron chi connectivity index (χ2n) is 3.80. The SMILES string of the molecule is CC(C)c1c(S(=O)(=O)Cl)ccc2c1OCO2. The van der Waals surface area contributed by atoms with Crippen LogP contribution < -0.4 is 9.47 Å². The first-order valence-electron chi connectivity index (χ1n) is 4.78. The lowest BCUT2D eigenvalue weighted by molar-refractivity contribution is 0.173. The van der Waals surface area contributed by atoms with Crippen LogP contribution in [0, 0.1) is 0 Å². The van der Waals surface area contributed by atoms with E-state index in [1.54, 1.807) is 6.07 Å². The summed E-state index contributed by atoms with van der Waals surface area (Å²) in [6.45, 7) is 3.87. The molecule has 88 valence electrons. The molecule has 1 aromatic carbocycles. The number of ether oxygens (including phenoxy) is 2. The highest BCUT2D eigenvalue weighted by Gasteiger charge is 2.27. The van der Waals surface area contributed by atoms with E-state index in [0.29, 0.717) is 17.1 Å². The molecule has 0 aliphatic carbocycles. The molecule has 0 bridgehead atoms. The predicted molar refractivity (Wildman–Crippen MR) is 59.7 cm³/mol. The van der Waals surface area contributed by atoms with Gasteiger partial charge in [-0.1, -0.05) is 13.8 Å². The molecular formula is C10H11ClO4S. The molecule has 0 radical (unpaired) electrons. The molecule has 1 aromatic rings. The Labute approximate surface area is 98.5 Å². The quantitative estimate of drug-likeness (QED) is 0.769. The maximum atomic E-state index is 11.4. The largest absolute Gasteiger partial charge is 0.454 e. The Morgan fingerprint density at radius 3 is 2.56 bits per heavy atom. The lowest BCUT2D eigenvalue weighted by atomic mass is 10.0. The van der Waals surface area contributed by atoms with Crippen molar-refractivity contribution in [3.8, 4) is 11.5 Å². The summed E-state index contributed by atoms with van der Waals surface area (Å²) < 4.78 is 33.3. The zero-order chi connectivity index (χ0) is 11.9. The summed E-state index contributed by atoms with van der Waals surface area (Å²) in [6.07, 6.45) is 0. The van der Waals surface area contributed by atoms with Gasteiger partial charge < -0.3 is 9.47 Å². The van der Waals surface area contributed by atoms with Crippen molar-refractivity contribution < 1.29 is 17.9 Å². The van der Waals surface area contributed by atoms with Gasteiger partial charge in [0.25, 0.3) is 9.05 Å².